The number of nitro groups is 1. The van der Waals surface area contributed by atoms with Gasteiger partial charge in [-0.25, -0.2) is 0 Å². The van der Waals surface area contributed by atoms with Gasteiger partial charge in [0.2, 0.25) is 0 Å². The van der Waals surface area contributed by atoms with E-state index in [1.807, 2.05) is 19.1 Å². The van der Waals surface area contributed by atoms with Gasteiger partial charge in [-0.3, -0.25) is 10.1 Å². The minimum Gasteiger partial charge on any atom is -0.508 e. The zero-order valence-corrected chi connectivity index (χ0v) is 11.8. The third-order valence-electron chi connectivity index (χ3n) is 3.09. The van der Waals surface area contributed by atoms with Crippen LogP contribution in [0.2, 0.25) is 0 Å². The molecule has 0 aliphatic carbocycles. The normalized spacial score (nSPS) is 10.2. The van der Waals surface area contributed by atoms with Crippen molar-refractivity contribution in [2.45, 2.75) is 13.5 Å². The Morgan fingerprint density at radius 3 is 2.71 bits per heavy atom. The number of hydrogen-bond acceptors (Lipinski definition) is 5. The molecule has 0 radical (unpaired) electrons. The smallest absolute Gasteiger partial charge is 0.312 e. The highest BCUT2D eigenvalue weighted by Gasteiger charge is 2.15. The maximum Gasteiger partial charge on any atom is 0.312 e. The fourth-order valence-electron chi connectivity index (χ4n) is 2.00. The van der Waals surface area contributed by atoms with Crippen LogP contribution in [-0.2, 0) is 6.54 Å². The summed E-state index contributed by atoms with van der Waals surface area (Å²) in [6, 6.07) is 9.95. The zero-order chi connectivity index (χ0) is 15.4. The van der Waals surface area contributed by atoms with E-state index in [9.17, 15) is 15.2 Å². The lowest BCUT2D eigenvalue weighted by Gasteiger charge is -2.10. The van der Waals surface area contributed by atoms with E-state index in [0.29, 0.717) is 12.2 Å². The number of nitro benzene ring substituents is 1. The van der Waals surface area contributed by atoms with Crippen LogP contribution in [0.5, 0.6) is 11.5 Å². The first-order valence-electron chi connectivity index (χ1n) is 6.36. The molecule has 0 spiro atoms. The van der Waals surface area contributed by atoms with Crippen molar-refractivity contribution in [3.63, 3.8) is 0 Å². The maximum absolute atomic E-state index is 11.0. The van der Waals surface area contributed by atoms with E-state index in [1.165, 1.54) is 19.2 Å². The van der Waals surface area contributed by atoms with Crippen LogP contribution in [0, 0.1) is 17.0 Å². The summed E-state index contributed by atoms with van der Waals surface area (Å²) in [5.41, 5.74) is 2.25. The second kappa shape index (κ2) is 6.13. The van der Waals surface area contributed by atoms with Gasteiger partial charge in [0, 0.05) is 23.9 Å². The van der Waals surface area contributed by atoms with Crippen molar-refractivity contribution < 1.29 is 14.8 Å². The Labute approximate surface area is 122 Å². The number of rotatable bonds is 5. The molecule has 0 saturated carbocycles. The number of ether oxygens (including phenoxy) is 1. The third kappa shape index (κ3) is 3.42. The summed E-state index contributed by atoms with van der Waals surface area (Å²) in [5, 5.41) is 23.8. The Kier molecular flexibility index (Phi) is 4.27. The standard InChI is InChI=1S/C15H16N2O4/c1-10-3-5-14(18)11(7-10)9-16-12-4-6-15(21-2)13(8-12)17(19)20/h3-8,16,18H,9H2,1-2H3. The molecule has 21 heavy (non-hydrogen) atoms. The van der Waals surface area contributed by atoms with E-state index in [-0.39, 0.29) is 17.2 Å². The number of nitrogens with zero attached hydrogens (tertiary/aromatic N) is 1. The van der Waals surface area contributed by atoms with Gasteiger partial charge in [0.25, 0.3) is 0 Å². The minimum absolute atomic E-state index is 0.101. The topological polar surface area (TPSA) is 84.6 Å². The molecule has 2 N–H and O–H groups in total. The molecule has 0 heterocycles. The average Bonchev–Trinajstić information content (AvgIpc) is 2.47. The molecule has 0 amide bonds. The van der Waals surface area contributed by atoms with Crippen LogP contribution in [0.3, 0.4) is 0 Å². The Bertz CT molecular complexity index is 671. The van der Waals surface area contributed by atoms with E-state index in [4.69, 9.17) is 4.74 Å². The summed E-state index contributed by atoms with van der Waals surface area (Å²) in [6.45, 7) is 2.30. The average molecular weight is 288 g/mol. The number of nitrogens with one attached hydrogen (secondary N) is 1. The molecular weight excluding hydrogens is 272 g/mol. The van der Waals surface area contributed by atoms with Crippen LogP contribution in [0.1, 0.15) is 11.1 Å². The van der Waals surface area contributed by atoms with Gasteiger partial charge in [-0.15, -0.1) is 0 Å². The van der Waals surface area contributed by atoms with Gasteiger partial charge in [0.05, 0.1) is 12.0 Å². The number of aryl methyl sites for hydroxylation is 1. The number of phenolic OH excluding ortho intramolecular Hbond substituents is 1. The first-order valence-corrected chi connectivity index (χ1v) is 6.36. The highest BCUT2D eigenvalue weighted by molar-refractivity contribution is 5.58. The van der Waals surface area contributed by atoms with Gasteiger partial charge in [-0.1, -0.05) is 17.7 Å². The van der Waals surface area contributed by atoms with E-state index < -0.39 is 4.92 Å². The van der Waals surface area contributed by atoms with Crippen molar-refractivity contribution in [2.24, 2.45) is 0 Å². The van der Waals surface area contributed by atoms with Crippen LogP contribution in [-0.4, -0.2) is 17.1 Å². The van der Waals surface area contributed by atoms with Crippen LogP contribution in [0.25, 0.3) is 0 Å². The van der Waals surface area contributed by atoms with Crippen LogP contribution < -0.4 is 10.1 Å². The predicted octanol–water partition coefficient (Wildman–Crippen LogP) is 3.23. The molecule has 6 nitrogen and oxygen atoms in total. The number of benzene rings is 2. The maximum atomic E-state index is 11.0. The van der Waals surface area contributed by atoms with Crippen molar-refractivity contribution in [3.8, 4) is 11.5 Å². The zero-order valence-electron chi connectivity index (χ0n) is 11.8. The molecule has 0 bridgehead atoms. The second-order valence-corrected chi connectivity index (χ2v) is 4.63. The summed E-state index contributed by atoms with van der Waals surface area (Å²) < 4.78 is 4.95. The largest absolute Gasteiger partial charge is 0.508 e. The van der Waals surface area contributed by atoms with E-state index in [2.05, 4.69) is 5.32 Å². The second-order valence-electron chi connectivity index (χ2n) is 4.63. The van der Waals surface area contributed by atoms with Crippen molar-refractivity contribution in [1.82, 2.24) is 0 Å². The molecule has 2 rings (SSSR count). The van der Waals surface area contributed by atoms with Crippen LogP contribution >= 0.6 is 0 Å². The molecule has 0 saturated heterocycles. The van der Waals surface area contributed by atoms with Crippen LogP contribution in [0.15, 0.2) is 36.4 Å². The number of anilines is 1. The lowest BCUT2D eigenvalue weighted by atomic mass is 10.1. The molecule has 2 aromatic carbocycles. The summed E-state index contributed by atoms with van der Waals surface area (Å²) in [4.78, 5) is 10.5. The molecule has 0 atom stereocenters. The molecule has 0 aliphatic rings. The van der Waals surface area contributed by atoms with Gasteiger partial charge in [-0.2, -0.15) is 0 Å². The van der Waals surface area contributed by atoms with Gasteiger partial charge in [-0.05, 0) is 25.1 Å². The molecule has 0 aromatic heterocycles. The minimum atomic E-state index is -0.492. The first-order chi connectivity index (χ1) is 10.0. The fourth-order valence-corrected chi connectivity index (χ4v) is 2.00. The molecule has 2 aromatic rings. The Morgan fingerprint density at radius 2 is 2.05 bits per heavy atom. The summed E-state index contributed by atoms with van der Waals surface area (Å²) >= 11 is 0. The summed E-state index contributed by atoms with van der Waals surface area (Å²) in [6.07, 6.45) is 0. The predicted molar refractivity (Wildman–Crippen MR) is 79.8 cm³/mol. The number of aromatic hydroxyl groups is 1. The molecule has 110 valence electrons. The molecule has 0 unspecified atom stereocenters. The first kappa shape index (κ1) is 14.6. The highest BCUT2D eigenvalue weighted by atomic mass is 16.6. The molecule has 0 fully saturated rings. The monoisotopic (exact) mass is 288 g/mol. The van der Waals surface area contributed by atoms with Gasteiger partial charge in [0.15, 0.2) is 5.75 Å². The Balaban J connectivity index is 2.18. The van der Waals surface area contributed by atoms with Crippen molar-refractivity contribution in [1.29, 1.82) is 0 Å². The fraction of sp³-hybridized carbons (Fsp3) is 0.200. The summed E-state index contributed by atoms with van der Waals surface area (Å²) in [5.74, 6) is 0.403. The number of phenols is 1. The van der Waals surface area contributed by atoms with E-state index >= 15 is 0 Å². The molecular formula is C15H16N2O4. The quantitative estimate of drug-likeness (QED) is 0.651. The molecule has 0 aliphatic heterocycles. The van der Waals surface area contributed by atoms with Gasteiger partial charge >= 0.3 is 5.69 Å². The Hall–Kier alpha value is -2.76. The number of hydrogen-bond donors (Lipinski definition) is 2. The van der Waals surface area contributed by atoms with Crippen molar-refractivity contribution in [3.05, 3.63) is 57.6 Å². The highest BCUT2D eigenvalue weighted by Crippen LogP contribution is 2.30. The molecule has 6 heteroatoms. The Morgan fingerprint density at radius 1 is 1.29 bits per heavy atom. The lowest BCUT2D eigenvalue weighted by molar-refractivity contribution is -0.385. The third-order valence-corrected chi connectivity index (χ3v) is 3.09. The van der Waals surface area contributed by atoms with Crippen LogP contribution in [0.4, 0.5) is 11.4 Å². The van der Waals surface area contributed by atoms with Crippen molar-refractivity contribution >= 4 is 11.4 Å². The van der Waals surface area contributed by atoms with E-state index in [0.717, 1.165) is 11.1 Å². The van der Waals surface area contributed by atoms with E-state index in [1.54, 1.807) is 12.1 Å². The SMILES string of the molecule is COc1ccc(NCc2cc(C)ccc2O)cc1[N+](=O)[O-]. The summed E-state index contributed by atoms with van der Waals surface area (Å²) in [7, 11) is 1.39. The van der Waals surface area contributed by atoms with Gasteiger partial charge < -0.3 is 15.2 Å². The lowest BCUT2D eigenvalue weighted by Crippen LogP contribution is -2.01. The van der Waals surface area contributed by atoms with Gasteiger partial charge in [0.1, 0.15) is 5.75 Å². The van der Waals surface area contributed by atoms with Crippen molar-refractivity contribution in [2.75, 3.05) is 12.4 Å². The number of methoxy groups -OCH3 is 1.